The summed E-state index contributed by atoms with van der Waals surface area (Å²) < 4.78 is 18.0. The lowest BCUT2D eigenvalue weighted by atomic mass is 10.0. The average Bonchev–Trinajstić information content (AvgIpc) is 2.72. The maximum Gasteiger partial charge on any atom is 0.201 e. The largest absolute Gasteiger partial charge is 0.497 e. The van der Waals surface area contributed by atoms with E-state index in [1.54, 1.807) is 44.7 Å². The number of methoxy groups -OCH3 is 3. The van der Waals surface area contributed by atoms with Gasteiger partial charge in [-0.1, -0.05) is 12.1 Å². The number of benzene rings is 2. The van der Waals surface area contributed by atoms with Crippen LogP contribution in [0.2, 0.25) is 0 Å². The van der Waals surface area contributed by atoms with Gasteiger partial charge in [0, 0.05) is 18.3 Å². The number of rotatable bonds is 6. The van der Waals surface area contributed by atoms with E-state index in [9.17, 15) is 4.79 Å². The van der Waals surface area contributed by atoms with Gasteiger partial charge in [0.1, 0.15) is 17.2 Å². The molecule has 0 aliphatic carbocycles. The highest BCUT2D eigenvalue weighted by atomic mass is 16.5. The summed E-state index contributed by atoms with van der Waals surface area (Å²) in [4.78, 5) is 13.3. The third-order valence-electron chi connectivity index (χ3n) is 4.45. The van der Waals surface area contributed by atoms with Gasteiger partial charge in [-0.05, 0) is 29.8 Å². The number of aromatic nitrogens is 1. The van der Waals surface area contributed by atoms with Crippen molar-refractivity contribution in [3.05, 3.63) is 52.8 Å². The molecule has 3 aromatic rings. The molecule has 6 heteroatoms. The van der Waals surface area contributed by atoms with Gasteiger partial charge in [0.15, 0.2) is 0 Å². The summed E-state index contributed by atoms with van der Waals surface area (Å²) in [5, 5.41) is 9.46. The first-order valence-corrected chi connectivity index (χ1v) is 8.44. The molecule has 0 spiro atoms. The Bertz CT molecular complexity index is 1060. The molecule has 27 heavy (non-hydrogen) atoms. The first-order chi connectivity index (χ1) is 13.1. The summed E-state index contributed by atoms with van der Waals surface area (Å²) in [5.41, 5.74) is 1.75. The fourth-order valence-electron chi connectivity index (χ4n) is 3.13. The lowest BCUT2D eigenvalue weighted by Gasteiger charge is -2.17. The zero-order valence-electron chi connectivity index (χ0n) is 15.5. The van der Waals surface area contributed by atoms with Crippen LogP contribution < -0.4 is 19.6 Å². The predicted molar refractivity (Wildman–Crippen MR) is 104 cm³/mol. The van der Waals surface area contributed by atoms with Gasteiger partial charge in [0.2, 0.25) is 5.43 Å². The van der Waals surface area contributed by atoms with Crippen LogP contribution in [0.5, 0.6) is 17.2 Å². The Kier molecular flexibility index (Phi) is 5.32. The highest BCUT2D eigenvalue weighted by molar-refractivity contribution is 5.93. The van der Waals surface area contributed by atoms with Crippen molar-refractivity contribution in [2.45, 2.75) is 13.0 Å². The van der Waals surface area contributed by atoms with Crippen LogP contribution in [0.1, 0.15) is 6.42 Å². The van der Waals surface area contributed by atoms with Gasteiger partial charge in [-0.2, -0.15) is 5.26 Å². The van der Waals surface area contributed by atoms with E-state index in [0.29, 0.717) is 46.7 Å². The summed E-state index contributed by atoms with van der Waals surface area (Å²) in [6.45, 7) is 0.431. The van der Waals surface area contributed by atoms with E-state index in [0.717, 1.165) is 5.56 Å². The first-order valence-electron chi connectivity index (χ1n) is 8.44. The average molecular weight is 364 g/mol. The van der Waals surface area contributed by atoms with Crippen molar-refractivity contribution in [1.29, 1.82) is 5.26 Å². The van der Waals surface area contributed by atoms with Gasteiger partial charge in [0.25, 0.3) is 0 Å². The highest BCUT2D eigenvalue weighted by Crippen LogP contribution is 2.33. The maximum absolute atomic E-state index is 13.3. The molecule has 0 aliphatic rings. The number of pyridine rings is 1. The van der Waals surface area contributed by atoms with Crippen molar-refractivity contribution in [2.24, 2.45) is 0 Å². The fraction of sp³-hybridized carbons (Fsp3) is 0.238. The number of aryl methyl sites for hydroxylation is 1. The molecule has 6 nitrogen and oxygen atoms in total. The molecule has 0 saturated heterocycles. The van der Waals surface area contributed by atoms with E-state index in [4.69, 9.17) is 19.5 Å². The molecule has 0 N–H and O–H groups in total. The van der Waals surface area contributed by atoms with Crippen molar-refractivity contribution in [2.75, 3.05) is 21.3 Å². The third-order valence-corrected chi connectivity index (χ3v) is 4.45. The molecule has 0 aliphatic heterocycles. The number of fused-ring (bicyclic) bond motifs is 1. The molecule has 0 unspecified atom stereocenters. The van der Waals surface area contributed by atoms with E-state index >= 15 is 0 Å². The zero-order valence-corrected chi connectivity index (χ0v) is 15.5. The van der Waals surface area contributed by atoms with Crippen molar-refractivity contribution < 1.29 is 14.2 Å². The van der Waals surface area contributed by atoms with Gasteiger partial charge in [-0.3, -0.25) is 4.79 Å². The molecular formula is C21H20N2O4. The standard InChI is InChI=1S/C21H20N2O4/c1-25-15-7-5-14(6-8-15)16-13-23(12-4-11-22)20-18(27-3)10-9-17(26-2)19(20)21(16)24/h5-10,13H,4,12H2,1-3H3. The zero-order chi connectivity index (χ0) is 19.4. The number of ether oxygens (including phenoxy) is 3. The van der Waals surface area contributed by atoms with Gasteiger partial charge in [0.05, 0.1) is 44.7 Å². The van der Waals surface area contributed by atoms with Crippen LogP contribution in [0.25, 0.3) is 22.0 Å². The molecule has 138 valence electrons. The Morgan fingerprint density at radius 3 is 2.22 bits per heavy atom. The van der Waals surface area contributed by atoms with Crippen LogP contribution in [0, 0.1) is 11.3 Å². The van der Waals surface area contributed by atoms with Crippen LogP contribution in [0.3, 0.4) is 0 Å². The van der Waals surface area contributed by atoms with Crippen LogP contribution in [0.4, 0.5) is 0 Å². The van der Waals surface area contributed by atoms with E-state index in [1.807, 2.05) is 16.7 Å². The van der Waals surface area contributed by atoms with Gasteiger partial charge in [-0.25, -0.2) is 0 Å². The summed E-state index contributed by atoms with van der Waals surface area (Å²) in [7, 11) is 4.68. The minimum Gasteiger partial charge on any atom is -0.497 e. The molecule has 2 aromatic carbocycles. The monoisotopic (exact) mass is 364 g/mol. The van der Waals surface area contributed by atoms with Crippen molar-refractivity contribution >= 4 is 10.9 Å². The van der Waals surface area contributed by atoms with E-state index in [-0.39, 0.29) is 5.43 Å². The van der Waals surface area contributed by atoms with Crippen LogP contribution in [-0.4, -0.2) is 25.9 Å². The van der Waals surface area contributed by atoms with Crippen molar-refractivity contribution in [1.82, 2.24) is 4.57 Å². The van der Waals surface area contributed by atoms with Crippen molar-refractivity contribution in [3.63, 3.8) is 0 Å². The number of hydrogen-bond acceptors (Lipinski definition) is 5. The van der Waals surface area contributed by atoms with Gasteiger partial charge < -0.3 is 18.8 Å². The normalized spacial score (nSPS) is 10.4. The van der Waals surface area contributed by atoms with E-state index < -0.39 is 0 Å². The van der Waals surface area contributed by atoms with Crippen LogP contribution >= 0.6 is 0 Å². The predicted octanol–water partition coefficient (Wildman–Crippen LogP) is 3.61. The van der Waals surface area contributed by atoms with Gasteiger partial charge >= 0.3 is 0 Å². The molecule has 3 rings (SSSR count). The molecule has 0 atom stereocenters. The maximum atomic E-state index is 13.3. The number of nitriles is 1. The third kappa shape index (κ3) is 3.32. The summed E-state index contributed by atoms with van der Waals surface area (Å²) >= 11 is 0. The Hall–Kier alpha value is -3.46. The Balaban J connectivity index is 2.36. The minimum absolute atomic E-state index is 0.154. The second-order valence-corrected chi connectivity index (χ2v) is 5.90. The van der Waals surface area contributed by atoms with Gasteiger partial charge in [-0.15, -0.1) is 0 Å². The molecule has 0 fully saturated rings. The van der Waals surface area contributed by atoms with E-state index in [1.165, 1.54) is 7.11 Å². The summed E-state index contributed by atoms with van der Waals surface area (Å²) in [6.07, 6.45) is 2.08. The summed E-state index contributed by atoms with van der Waals surface area (Å²) in [5.74, 6) is 1.74. The quantitative estimate of drug-likeness (QED) is 0.668. The number of nitrogens with zero attached hydrogens (tertiary/aromatic N) is 2. The topological polar surface area (TPSA) is 73.5 Å². The van der Waals surface area contributed by atoms with Crippen LogP contribution in [-0.2, 0) is 6.54 Å². The molecule has 0 amide bonds. The Morgan fingerprint density at radius 1 is 0.963 bits per heavy atom. The van der Waals surface area contributed by atoms with E-state index in [2.05, 4.69) is 6.07 Å². The molecule has 0 bridgehead atoms. The molecule has 1 aromatic heterocycles. The first kappa shape index (κ1) is 18.3. The van der Waals surface area contributed by atoms with Crippen molar-refractivity contribution in [3.8, 4) is 34.4 Å². The highest BCUT2D eigenvalue weighted by Gasteiger charge is 2.18. The summed E-state index contributed by atoms with van der Waals surface area (Å²) in [6, 6.07) is 12.9. The smallest absolute Gasteiger partial charge is 0.201 e. The minimum atomic E-state index is -0.154. The Morgan fingerprint density at radius 2 is 1.63 bits per heavy atom. The molecule has 0 saturated carbocycles. The Labute approximate surface area is 157 Å². The molecule has 0 radical (unpaired) electrons. The van der Waals surface area contributed by atoms with Crippen LogP contribution in [0.15, 0.2) is 47.4 Å². The molecule has 1 heterocycles. The second kappa shape index (κ2) is 7.83. The number of hydrogen-bond donors (Lipinski definition) is 0. The fourth-order valence-corrected chi connectivity index (χ4v) is 3.13. The molecular weight excluding hydrogens is 344 g/mol. The lowest BCUT2D eigenvalue weighted by Crippen LogP contribution is -2.14. The second-order valence-electron chi connectivity index (χ2n) is 5.90. The lowest BCUT2D eigenvalue weighted by molar-refractivity contribution is 0.408. The SMILES string of the molecule is COc1ccc(-c2cn(CCC#N)c3c(OC)ccc(OC)c3c2=O)cc1.